The average molecular weight is 263 g/mol. The number of aromatic hydroxyl groups is 1. The quantitative estimate of drug-likeness (QED) is 0.682. The van der Waals surface area contributed by atoms with Crippen molar-refractivity contribution in [1.29, 1.82) is 0 Å². The minimum Gasteiger partial charge on any atom is -0.502 e. The molecule has 98 valence electrons. The Balaban J connectivity index is 2.50. The molecule has 0 radical (unpaired) electrons. The monoisotopic (exact) mass is 263 g/mol. The number of nitro benzene ring substituents is 1. The van der Waals surface area contributed by atoms with Crippen LogP contribution in [-0.2, 0) is 0 Å². The van der Waals surface area contributed by atoms with Crippen LogP contribution in [0, 0.1) is 15.9 Å². The van der Waals surface area contributed by atoms with E-state index >= 15 is 0 Å². The van der Waals surface area contributed by atoms with Crippen molar-refractivity contribution in [1.82, 2.24) is 0 Å². The topological polar surface area (TPSA) is 72.6 Å². The molecular weight excluding hydrogens is 253 g/mol. The van der Waals surface area contributed by atoms with Gasteiger partial charge in [0.25, 0.3) is 0 Å². The van der Waals surface area contributed by atoms with E-state index in [9.17, 15) is 19.6 Å². The van der Waals surface area contributed by atoms with E-state index < -0.39 is 22.2 Å². The van der Waals surface area contributed by atoms with Gasteiger partial charge in [0, 0.05) is 6.07 Å². The summed E-state index contributed by atoms with van der Waals surface area (Å²) < 4.78 is 18.4. The van der Waals surface area contributed by atoms with Crippen LogP contribution in [0.3, 0.4) is 0 Å². The molecule has 6 heteroatoms. The Morgan fingerprint density at radius 3 is 2.42 bits per heavy atom. The Hall–Kier alpha value is -2.63. The number of phenols is 1. The van der Waals surface area contributed by atoms with Crippen molar-refractivity contribution < 1.29 is 19.2 Å². The molecule has 0 atom stereocenters. The predicted molar refractivity (Wildman–Crippen MR) is 66.7 cm³/mol. The van der Waals surface area contributed by atoms with E-state index in [-0.39, 0.29) is 5.75 Å². The summed E-state index contributed by atoms with van der Waals surface area (Å²) in [6.07, 6.45) is 0. The van der Waals surface area contributed by atoms with Gasteiger partial charge in [-0.15, -0.1) is 0 Å². The van der Waals surface area contributed by atoms with E-state index in [0.717, 1.165) is 0 Å². The minimum atomic E-state index is -0.696. The van der Waals surface area contributed by atoms with Crippen LogP contribution in [0.2, 0.25) is 0 Å². The number of hydrogen-bond acceptors (Lipinski definition) is 4. The number of nitro groups is 1. The Bertz CT molecular complexity index is 643. The van der Waals surface area contributed by atoms with Crippen LogP contribution in [0.25, 0.3) is 11.1 Å². The first-order valence-electron chi connectivity index (χ1n) is 5.34. The number of benzene rings is 2. The fourth-order valence-electron chi connectivity index (χ4n) is 1.70. The highest BCUT2D eigenvalue weighted by Crippen LogP contribution is 2.32. The highest BCUT2D eigenvalue weighted by atomic mass is 19.1. The van der Waals surface area contributed by atoms with Crippen molar-refractivity contribution in [3.05, 3.63) is 52.3 Å². The van der Waals surface area contributed by atoms with Gasteiger partial charge in [-0.25, -0.2) is 4.39 Å². The molecule has 0 unspecified atom stereocenters. The molecule has 0 aliphatic rings. The molecule has 1 N–H and O–H groups in total. The molecule has 0 aliphatic heterocycles. The summed E-state index contributed by atoms with van der Waals surface area (Å²) in [6, 6.07) is 8.10. The molecule has 2 rings (SSSR count). The molecule has 0 heterocycles. The first kappa shape index (κ1) is 12.8. The lowest BCUT2D eigenvalue weighted by Crippen LogP contribution is -1.91. The van der Waals surface area contributed by atoms with Gasteiger partial charge < -0.3 is 9.84 Å². The van der Waals surface area contributed by atoms with Crippen LogP contribution in [-0.4, -0.2) is 17.1 Å². The highest BCUT2D eigenvalue weighted by molar-refractivity contribution is 5.69. The standard InChI is InChI=1S/C13H10FNO4/c1-19-13-5-3-8(6-10(13)14)9-2-4-12(16)11(7-9)15(17)18/h2-7,16H,1H3. The maximum absolute atomic E-state index is 13.6. The third kappa shape index (κ3) is 2.47. The van der Waals surface area contributed by atoms with Gasteiger partial charge in [0.2, 0.25) is 0 Å². The number of rotatable bonds is 3. The third-order valence-corrected chi connectivity index (χ3v) is 2.66. The number of phenolic OH excluding ortho intramolecular Hbond substituents is 1. The normalized spacial score (nSPS) is 10.2. The Kier molecular flexibility index (Phi) is 3.33. The molecule has 5 nitrogen and oxygen atoms in total. The zero-order valence-electron chi connectivity index (χ0n) is 9.96. The number of ether oxygens (including phenoxy) is 1. The lowest BCUT2D eigenvalue weighted by Gasteiger charge is -2.06. The summed E-state index contributed by atoms with van der Waals surface area (Å²) in [4.78, 5) is 10.0. The van der Waals surface area contributed by atoms with Gasteiger partial charge in [0.1, 0.15) is 0 Å². The van der Waals surface area contributed by atoms with Gasteiger partial charge in [-0.3, -0.25) is 10.1 Å². The predicted octanol–water partition coefficient (Wildman–Crippen LogP) is 3.12. The molecule has 0 amide bonds. The summed E-state index contributed by atoms with van der Waals surface area (Å²) in [5.74, 6) is -0.893. The first-order valence-corrected chi connectivity index (χ1v) is 5.34. The van der Waals surface area contributed by atoms with Crippen LogP contribution in [0.15, 0.2) is 36.4 Å². The SMILES string of the molecule is COc1ccc(-c2ccc(O)c([N+](=O)[O-])c2)cc1F. The second kappa shape index (κ2) is 4.93. The van der Waals surface area contributed by atoms with Gasteiger partial charge in [-0.2, -0.15) is 0 Å². The van der Waals surface area contributed by atoms with Crippen LogP contribution >= 0.6 is 0 Å². The molecule has 2 aromatic rings. The lowest BCUT2D eigenvalue weighted by atomic mass is 10.0. The summed E-state index contributed by atoms with van der Waals surface area (Å²) in [5.41, 5.74) is 0.473. The van der Waals surface area contributed by atoms with Gasteiger partial charge in [-0.1, -0.05) is 12.1 Å². The summed E-state index contributed by atoms with van der Waals surface area (Å²) in [5, 5.41) is 20.1. The van der Waals surface area contributed by atoms with E-state index in [1.54, 1.807) is 6.07 Å². The van der Waals surface area contributed by atoms with E-state index in [1.165, 1.54) is 37.4 Å². The second-order valence-corrected chi connectivity index (χ2v) is 3.81. The molecule has 19 heavy (non-hydrogen) atoms. The molecule has 0 spiro atoms. The van der Waals surface area contributed by atoms with E-state index in [4.69, 9.17) is 4.74 Å². The average Bonchev–Trinajstić information content (AvgIpc) is 2.38. The van der Waals surface area contributed by atoms with Crippen molar-refractivity contribution in [2.24, 2.45) is 0 Å². The van der Waals surface area contributed by atoms with Crippen LogP contribution in [0.4, 0.5) is 10.1 Å². The summed E-state index contributed by atoms with van der Waals surface area (Å²) in [7, 11) is 1.35. The Morgan fingerprint density at radius 2 is 1.84 bits per heavy atom. The van der Waals surface area contributed by atoms with Crippen LogP contribution < -0.4 is 4.74 Å². The van der Waals surface area contributed by atoms with Crippen molar-refractivity contribution in [3.63, 3.8) is 0 Å². The highest BCUT2D eigenvalue weighted by Gasteiger charge is 2.15. The fourth-order valence-corrected chi connectivity index (χ4v) is 1.70. The molecule has 2 aromatic carbocycles. The zero-order valence-corrected chi connectivity index (χ0v) is 9.96. The van der Waals surface area contributed by atoms with Gasteiger partial charge in [0.05, 0.1) is 12.0 Å². The third-order valence-electron chi connectivity index (χ3n) is 2.66. The Labute approximate surface area is 108 Å². The van der Waals surface area contributed by atoms with Crippen molar-refractivity contribution in [2.75, 3.05) is 7.11 Å². The largest absolute Gasteiger partial charge is 0.502 e. The van der Waals surface area contributed by atoms with Crippen LogP contribution in [0.1, 0.15) is 0 Å². The van der Waals surface area contributed by atoms with E-state index in [2.05, 4.69) is 0 Å². The molecule has 0 fully saturated rings. The van der Waals surface area contributed by atoms with E-state index in [0.29, 0.717) is 11.1 Å². The van der Waals surface area contributed by atoms with Gasteiger partial charge in [0.15, 0.2) is 17.3 Å². The summed E-state index contributed by atoms with van der Waals surface area (Å²) in [6.45, 7) is 0. The molecule has 0 aliphatic carbocycles. The molecule has 0 saturated carbocycles. The summed E-state index contributed by atoms with van der Waals surface area (Å²) >= 11 is 0. The smallest absolute Gasteiger partial charge is 0.311 e. The minimum absolute atomic E-state index is 0.0945. The fraction of sp³-hybridized carbons (Fsp3) is 0.0769. The maximum atomic E-state index is 13.6. The number of nitrogens with zero attached hydrogens (tertiary/aromatic N) is 1. The zero-order chi connectivity index (χ0) is 14.0. The van der Waals surface area contributed by atoms with Crippen molar-refractivity contribution in [2.45, 2.75) is 0 Å². The molecule has 0 saturated heterocycles. The molecule has 0 aromatic heterocycles. The van der Waals surface area contributed by atoms with Gasteiger partial charge in [-0.05, 0) is 29.3 Å². The van der Waals surface area contributed by atoms with Gasteiger partial charge >= 0.3 is 5.69 Å². The van der Waals surface area contributed by atoms with Crippen LogP contribution in [0.5, 0.6) is 11.5 Å². The lowest BCUT2D eigenvalue weighted by molar-refractivity contribution is -0.385. The number of halogens is 1. The molecular formula is C13H10FNO4. The van der Waals surface area contributed by atoms with Crippen molar-refractivity contribution in [3.8, 4) is 22.6 Å². The van der Waals surface area contributed by atoms with Crippen molar-refractivity contribution >= 4 is 5.69 Å². The molecule has 0 bridgehead atoms. The number of methoxy groups -OCH3 is 1. The maximum Gasteiger partial charge on any atom is 0.311 e. The first-order chi connectivity index (χ1) is 9.02. The Morgan fingerprint density at radius 1 is 1.21 bits per heavy atom. The number of hydrogen-bond donors (Lipinski definition) is 1. The second-order valence-electron chi connectivity index (χ2n) is 3.81. The van der Waals surface area contributed by atoms with E-state index in [1.807, 2.05) is 0 Å².